The van der Waals surface area contributed by atoms with Gasteiger partial charge in [0.2, 0.25) is 0 Å². The summed E-state index contributed by atoms with van der Waals surface area (Å²) < 4.78 is 9.91. The molecule has 1 atom stereocenters. The van der Waals surface area contributed by atoms with Crippen molar-refractivity contribution in [2.45, 2.75) is 19.9 Å². The molecule has 1 amide bonds. The van der Waals surface area contributed by atoms with Gasteiger partial charge < -0.3 is 14.8 Å². The van der Waals surface area contributed by atoms with Crippen molar-refractivity contribution < 1.29 is 14.3 Å². The maximum absolute atomic E-state index is 11.0. The summed E-state index contributed by atoms with van der Waals surface area (Å²) in [7, 11) is 3.01. The van der Waals surface area contributed by atoms with E-state index in [0.717, 1.165) is 24.4 Å². The van der Waals surface area contributed by atoms with E-state index < -0.39 is 6.09 Å². The van der Waals surface area contributed by atoms with E-state index in [1.807, 2.05) is 12.3 Å². The SMILES string of the molecule is CCN(CCNC(=O)OC)C(C)c1cnccc1OC. The standard InChI is InChI=1S/C14H23N3O3/c1-5-17(9-8-16-14(18)20-4)11(2)12-10-15-7-6-13(12)19-3/h6-7,10-11H,5,8-9H2,1-4H3,(H,16,18). The quantitative estimate of drug-likeness (QED) is 0.826. The fraction of sp³-hybridized carbons (Fsp3) is 0.571. The molecule has 0 aliphatic rings. The van der Waals surface area contributed by atoms with Crippen LogP contribution >= 0.6 is 0 Å². The summed E-state index contributed by atoms with van der Waals surface area (Å²) >= 11 is 0. The summed E-state index contributed by atoms with van der Waals surface area (Å²) in [5.74, 6) is 0.826. The molecule has 0 saturated carbocycles. The first kappa shape index (κ1) is 16.2. The van der Waals surface area contributed by atoms with Crippen LogP contribution in [0.15, 0.2) is 18.5 Å². The predicted molar refractivity (Wildman–Crippen MR) is 76.9 cm³/mol. The molecule has 112 valence electrons. The molecular formula is C14H23N3O3. The highest BCUT2D eigenvalue weighted by Gasteiger charge is 2.18. The second kappa shape index (κ2) is 8.37. The van der Waals surface area contributed by atoms with Crippen LogP contribution in [0.2, 0.25) is 0 Å². The number of carbonyl (C=O) groups excluding carboxylic acids is 1. The number of amides is 1. The fourth-order valence-corrected chi connectivity index (χ4v) is 2.09. The second-order valence-corrected chi connectivity index (χ2v) is 4.34. The molecule has 0 aliphatic carbocycles. The molecule has 0 aromatic carbocycles. The Morgan fingerprint density at radius 1 is 1.50 bits per heavy atom. The van der Waals surface area contributed by atoms with Crippen molar-refractivity contribution in [1.82, 2.24) is 15.2 Å². The molecule has 0 spiro atoms. The Morgan fingerprint density at radius 2 is 2.25 bits per heavy atom. The minimum absolute atomic E-state index is 0.156. The van der Waals surface area contributed by atoms with Crippen LogP contribution in [0.25, 0.3) is 0 Å². The van der Waals surface area contributed by atoms with Gasteiger partial charge >= 0.3 is 6.09 Å². The van der Waals surface area contributed by atoms with E-state index in [4.69, 9.17) is 4.74 Å². The zero-order valence-electron chi connectivity index (χ0n) is 12.5. The van der Waals surface area contributed by atoms with Crippen molar-refractivity contribution in [2.24, 2.45) is 0 Å². The molecule has 1 rings (SSSR count). The highest BCUT2D eigenvalue weighted by molar-refractivity contribution is 5.66. The first-order chi connectivity index (χ1) is 9.63. The third-order valence-electron chi connectivity index (χ3n) is 3.29. The van der Waals surface area contributed by atoms with Crippen LogP contribution in [-0.4, -0.2) is 49.8 Å². The van der Waals surface area contributed by atoms with Crippen LogP contribution in [0.4, 0.5) is 4.79 Å². The van der Waals surface area contributed by atoms with E-state index in [0.29, 0.717) is 6.54 Å². The van der Waals surface area contributed by atoms with Crippen LogP contribution in [0.5, 0.6) is 5.75 Å². The number of likely N-dealkylation sites (N-methyl/N-ethyl adjacent to an activating group) is 1. The highest BCUT2D eigenvalue weighted by Crippen LogP contribution is 2.27. The van der Waals surface area contributed by atoms with E-state index in [-0.39, 0.29) is 6.04 Å². The number of alkyl carbamates (subject to hydrolysis) is 1. The van der Waals surface area contributed by atoms with E-state index in [1.54, 1.807) is 13.3 Å². The van der Waals surface area contributed by atoms with Gasteiger partial charge in [-0.1, -0.05) is 6.92 Å². The van der Waals surface area contributed by atoms with Crippen molar-refractivity contribution in [3.63, 3.8) is 0 Å². The Bertz CT molecular complexity index is 426. The monoisotopic (exact) mass is 281 g/mol. The molecular weight excluding hydrogens is 258 g/mol. The smallest absolute Gasteiger partial charge is 0.406 e. The van der Waals surface area contributed by atoms with Gasteiger partial charge in [-0.3, -0.25) is 9.88 Å². The second-order valence-electron chi connectivity index (χ2n) is 4.34. The largest absolute Gasteiger partial charge is 0.496 e. The number of hydrogen-bond donors (Lipinski definition) is 1. The molecule has 0 aliphatic heterocycles. The molecule has 1 N–H and O–H groups in total. The Balaban J connectivity index is 2.66. The lowest BCUT2D eigenvalue weighted by Gasteiger charge is -2.28. The number of pyridine rings is 1. The molecule has 6 heteroatoms. The van der Waals surface area contributed by atoms with Gasteiger partial charge in [0.25, 0.3) is 0 Å². The average Bonchev–Trinajstić information content (AvgIpc) is 2.50. The summed E-state index contributed by atoms with van der Waals surface area (Å²) in [4.78, 5) is 17.4. The molecule has 20 heavy (non-hydrogen) atoms. The summed E-state index contributed by atoms with van der Waals surface area (Å²) in [6.07, 6.45) is 3.12. The predicted octanol–water partition coefficient (Wildman–Crippen LogP) is 1.83. The number of nitrogens with zero attached hydrogens (tertiary/aromatic N) is 2. The molecule has 0 saturated heterocycles. The van der Waals surface area contributed by atoms with Crippen LogP contribution < -0.4 is 10.1 Å². The molecule has 6 nitrogen and oxygen atoms in total. The number of rotatable bonds is 7. The first-order valence-corrected chi connectivity index (χ1v) is 6.67. The first-order valence-electron chi connectivity index (χ1n) is 6.67. The summed E-state index contributed by atoms with van der Waals surface area (Å²) in [6, 6.07) is 2.01. The summed E-state index contributed by atoms with van der Waals surface area (Å²) in [5, 5.41) is 2.68. The van der Waals surface area contributed by atoms with Crippen molar-refractivity contribution >= 4 is 6.09 Å². The molecule has 1 aromatic heterocycles. The number of aromatic nitrogens is 1. The van der Waals surface area contributed by atoms with E-state index >= 15 is 0 Å². The summed E-state index contributed by atoms with van der Waals surface area (Å²) in [6.45, 7) is 6.30. The molecule has 0 bridgehead atoms. The van der Waals surface area contributed by atoms with Gasteiger partial charge in [0.15, 0.2) is 0 Å². The maximum atomic E-state index is 11.0. The number of carbonyl (C=O) groups is 1. The lowest BCUT2D eigenvalue weighted by atomic mass is 10.1. The maximum Gasteiger partial charge on any atom is 0.406 e. The minimum Gasteiger partial charge on any atom is -0.496 e. The van der Waals surface area contributed by atoms with E-state index in [1.165, 1.54) is 7.11 Å². The van der Waals surface area contributed by atoms with Gasteiger partial charge in [0.05, 0.1) is 14.2 Å². The topological polar surface area (TPSA) is 63.7 Å². The van der Waals surface area contributed by atoms with Gasteiger partial charge in [-0.05, 0) is 19.5 Å². The normalized spacial score (nSPS) is 12.1. The minimum atomic E-state index is -0.410. The third kappa shape index (κ3) is 4.38. The van der Waals surface area contributed by atoms with Gasteiger partial charge in [0.1, 0.15) is 5.75 Å². The lowest BCUT2D eigenvalue weighted by Crippen LogP contribution is -2.36. The third-order valence-corrected chi connectivity index (χ3v) is 3.29. The fourth-order valence-electron chi connectivity index (χ4n) is 2.09. The van der Waals surface area contributed by atoms with Gasteiger partial charge in [0, 0.05) is 37.1 Å². The van der Waals surface area contributed by atoms with Crippen LogP contribution in [0, 0.1) is 0 Å². The number of nitrogens with one attached hydrogen (secondary N) is 1. The van der Waals surface area contributed by atoms with Crippen molar-refractivity contribution in [3.8, 4) is 5.75 Å². The van der Waals surface area contributed by atoms with Crippen LogP contribution in [-0.2, 0) is 4.74 Å². The van der Waals surface area contributed by atoms with Crippen LogP contribution in [0.3, 0.4) is 0 Å². The molecule has 1 heterocycles. The Hall–Kier alpha value is -1.82. The molecule has 0 fully saturated rings. The average molecular weight is 281 g/mol. The van der Waals surface area contributed by atoms with E-state index in [2.05, 4.69) is 33.8 Å². The van der Waals surface area contributed by atoms with E-state index in [9.17, 15) is 4.79 Å². The number of ether oxygens (including phenoxy) is 2. The van der Waals surface area contributed by atoms with Crippen molar-refractivity contribution in [3.05, 3.63) is 24.0 Å². The zero-order chi connectivity index (χ0) is 15.0. The molecule has 0 radical (unpaired) electrons. The zero-order valence-corrected chi connectivity index (χ0v) is 12.5. The lowest BCUT2D eigenvalue weighted by molar-refractivity contribution is 0.165. The number of hydrogen-bond acceptors (Lipinski definition) is 5. The molecule has 1 unspecified atom stereocenters. The highest BCUT2D eigenvalue weighted by atomic mass is 16.5. The Morgan fingerprint density at radius 3 is 2.85 bits per heavy atom. The number of methoxy groups -OCH3 is 2. The van der Waals surface area contributed by atoms with Gasteiger partial charge in [-0.2, -0.15) is 0 Å². The van der Waals surface area contributed by atoms with Crippen molar-refractivity contribution in [1.29, 1.82) is 0 Å². The van der Waals surface area contributed by atoms with Gasteiger partial charge in [-0.15, -0.1) is 0 Å². The Labute approximate surface area is 120 Å². The van der Waals surface area contributed by atoms with Crippen molar-refractivity contribution in [2.75, 3.05) is 33.9 Å². The Kier molecular flexibility index (Phi) is 6.79. The molecule has 1 aromatic rings. The van der Waals surface area contributed by atoms with Crippen LogP contribution in [0.1, 0.15) is 25.5 Å². The van der Waals surface area contributed by atoms with Gasteiger partial charge in [-0.25, -0.2) is 4.79 Å². The summed E-state index contributed by atoms with van der Waals surface area (Å²) in [5.41, 5.74) is 1.04.